The van der Waals surface area contributed by atoms with E-state index in [9.17, 15) is 0 Å². The summed E-state index contributed by atoms with van der Waals surface area (Å²) in [5.74, 6) is 0. The Morgan fingerprint density at radius 3 is 2.75 bits per heavy atom. The van der Waals surface area contributed by atoms with Crippen LogP contribution >= 0.6 is 0 Å². The van der Waals surface area contributed by atoms with Crippen LogP contribution in [0.3, 0.4) is 0 Å². The number of hydrogen-bond donors (Lipinski definition) is 0. The van der Waals surface area contributed by atoms with Crippen LogP contribution < -0.4 is 0 Å². The van der Waals surface area contributed by atoms with E-state index in [2.05, 4.69) is 18.1 Å². The van der Waals surface area contributed by atoms with Gasteiger partial charge in [0, 0.05) is 20.4 Å². The molecule has 0 N–H and O–H groups in total. The molecule has 0 unspecified atom stereocenters. The smallest absolute Gasteiger partial charge is 0 e. The standard InChI is InChI=1S/C6H8N.Re/c1-6-3-2-4-7-5-6;/h5H,2-3H2,1H3;/q-1;. The maximum atomic E-state index is 3.85. The molecular weight excluding hydrogens is 272 g/mol. The Bertz CT molecular complexity index is 116. The monoisotopic (exact) mass is 281 g/mol. The summed E-state index contributed by atoms with van der Waals surface area (Å²) in [4.78, 5) is 3.85. The number of aliphatic imine (C=N–C) groups is 1. The maximum absolute atomic E-state index is 3.85. The predicted molar refractivity (Wildman–Crippen MR) is 30.4 cm³/mol. The molecule has 0 aromatic rings. The van der Waals surface area contributed by atoms with E-state index >= 15 is 0 Å². The van der Waals surface area contributed by atoms with Crippen LogP contribution in [0.1, 0.15) is 19.8 Å². The summed E-state index contributed by atoms with van der Waals surface area (Å²) in [7, 11) is 0. The molecule has 0 aromatic carbocycles. The molecule has 0 fully saturated rings. The van der Waals surface area contributed by atoms with E-state index in [1.54, 1.807) is 0 Å². The second-order valence-corrected chi connectivity index (χ2v) is 1.76. The first-order valence-electron chi connectivity index (χ1n) is 2.48. The van der Waals surface area contributed by atoms with Gasteiger partial charge in [-0.1, -0.05) is 19.8 Å². The van der Waals surface area contributed by atoms with Gasteiger partial charge in [0.25, 0.3) is 0 Å². The van der Waals surface area contributed by atoms with Crippen molar-refractivity contribution in [2.75, 3.05) is 0 Å². The number of allylic oxidation sites excluding steroid dienone is 1. The van der Waals surface area contributed by atoms with Crippen molar-refractivity contribution in [2.24, 2.45) is 4.99 Å². The third-order valence-electron chi connectivity index (χ3n) is 1.01. The van der Waals surface area contributed by atoms with Crippen LogP contribution in [0.2, 0.25) is 0 Å². The quantitative estimate of drug-likeness (QED) is 0.598. The zero-order valence-corrected chi connectivity index (χ0v) is 7.53. The fourth-order valence-electron chi connectivity index (χ4n) is 0.538. The van der Waals surface area contributed by atoms with Crippen molar-refractivity contribution in [1.29, 1.82) is 0 Å². The van der Waals surface area contributed by atoms with Crippen LogP contribution in [0.4, 0.5) is 0 Å². The number of rotatable bonds is 0. The van der Waals surface area contributed by atoms with Gasteiger partial charge in [-0.15, -0.1) is 11.8 Å². The average Bonchev–Trinajstić information content (AvgIpc) is 1.69. The molecule has 0 atom stereocenters. The second kappa shape index (κ2) is 4.00. The van der Waals surface area contributed by atoms with Gasteiger partial charge in [-0.2, -0.15) is 6.21 Å². The summed E-state index contributed by atoms with van der Waals surface area (Å²) in [5.41, 5.74) is 1.36. The van der Waals surface area contributed by atoms with Crippen LogP contribution in [-0.4, -0.2) is 6.21 Å². The molecule has 0 saturated heterocycles. The zero-order chi connectivity index (χ0) is 5.11. The molecule has 0 saturated carbocycles. The molecule has 0 spiro atoms. The molecule has 1 nitrogen and oxygen atoms in total. The molecule has 2 heteroatoms. The Balaban J connectivity index is 0.000000490. The van der Waals surface area contributed by atoms with E-state index in [0.29, 0.717) is 0 Å². The molecule has 8 heavy (non-hydrogen) atoms. The van der Waals surface area contributed by atoms with E-state index in [-0.39, 0.29) is 20.4 Å². The maximum Gasteiger partial charge on any atom is 0 e. The fraction of sp³-hybridized carbons (Fsp3) is 0.500. The summed E-state index contributed by atoms with van der Waals surface area (Å²) < 4.78 is 0. The van der Waals surface area contributed by atoms with Crippen LogP contribution in [0.25, 0.3) is 0 Å². The molecule has 0 aliphatic carbocycles. The molecule has 1 heterocycles. The van der Waals surface area contributed by atoms with Gasteiger partial charge in [-0.25, -0.2) is 0 Å². The Morgan fingerprint density at radius 1 is 1.75 bits per heavy atom. The van der Waals surface area contributed by atoms with Crippen LogP contribution in [0.5, 0.6) is 0 Å². The number of hydrogen-bond acceptors (Lipinski definition) is 1. The summed E-state index contributed by atoms with van der Waals surface area (Å²) in [6.07, 6.45) is 6.87. The van der Waals surface area contributed by atoms with E-state index in [4.69, 9.17) is 0 Å². The number of nitrogens with zero attached hydrogens (tertiary/aromatic N) is 1. The van der Waals surface area contributed by atoms with Crippen LogP contribution in [0.15, 0.2) is 16.8 Å². The first-order chi connectivity index (χ1) is 3.39. The minimum atomic E-state index is 0. The molecule has 0 bridgehead atoms. The molecular formula is C6H8NRe-. The summed E-state index contributed by atoms with van der Waals surface area (Å²) >= 11 is 0. The largest absolute Gasteiger partial charge is 0.463 e. The van der Waals surface area contributed by atoms with Gasteiger partial charge in [0.15, 0.2) is 0 Å². The summed E-state index contributed by atoms with van der Waals surface area (Å²) in [6, 6.07) is 0. The van der Waals surface area contributed by atoms with Crippen molar-refractivity contribution in [3.05, 3.63) is 11.8 Å². The topological polar surface area (TPSA) is 12.4 Å². The van der Waals surface area contributed by atoms with E-state index < -0.39 is 0 Å². The van der Waals surface area contributed by atoms with Gasteiger partial charge < -0.3 is 4.99 Å². The first kappa shape index (κ1) is 8.07. The van der Waals surface area contributed by atoms with Crippen LogP contribution in [0, 0.1) is 0 Å². The molecule has 0 aromatic heterocycles. The van der Waals surface area contributed by atoms with Crippen molar-refractivity contribution in [3.63, 3.8) is 0 Å². The van der Waals surface area contributed by atoms with Crippen LogP contribution in [-0.2, 0) is 20.4 Å². The van der Waals surface area contributed by atoms with Gasteiger partial charge in [0.2, 0.25) is 0 Å². The minimum absolute atomic E-state index is 0. The van der Waals surface area contributed by atoms with E-state index in [0.717, 1.165) is 12.8 Å². The van der Waals surface area contributed by atoms with Crippen molar-refractivity contribution in [3.8, 4) is 0 Å². The molecule has 1 aliphatic heterocycles. The summed E-state index contributed by atoms with van der Waals surface area (Å²) in [5, 5.41) is 0. The Morgan fingerprint density at radius 2 is 2.50 bits per heavy atom. The van der Waals surface area contributed by atoms with Crippen molar-refractivity contribution < 1.29 is 20.4 Å². The Kier molecular flexibility index (Phi) is 4.04. The third kappa shape index (κ3) is 2.40. The fourth-order valence-corrected chi connectivity index (χ4v) is 0.538. The van der Waals surface area contributed by atoms with E-state index in [1.807, 2.05) is 6.20 Å². The minimum Gasteiger partial charge on any atom is -0.463 e. The van der Waals surface area contributed by atoms with Gasteiger partial charge in [0.1, 0.15) is 0 Å². The SMILES string of the molecule is CC1=CN=[C-]CC1.[Re]. The molecule has 0 amide bonds. The zero-order valence-electron chi connectivity index (χ0n) is 4.82. The Labute approximate surface area is 63.5 Å². The molecule has 1 aliphatic rings. The van der Waals surface area contributed by atoms with Gasteiger partial charge >= 0.3 is 0 Å². The van der Waals surface area contributed by atoms with Crippen molar-refractivity contribution in [1.82, 2.24) is 0 Å². The van der Waals surface area contributed by atoms with E-state index in [1.165, 1.54) is 5.57 Å². The summed E-state index contributed by atoms with van der Waals surface area (Å²) in [6.45, 7) is 2.09. The van der Waals surface area contributed by atoms with Crippen molar-refractivity contribution >= 4 is 6.21 Å². The van der Waals surface area contributed by atoms with Crippen molar-refractivity contribution in [2.45, 2.75) is 19.8 Å². The molecule has 1 rings (SSSR count). The van der Waals surface area contributed by atoms with Gasteiger partial charge in [0.05, 0.1) is 0 Å². The average molecular weight is 280 g/mol. The second-order valence-electron chi connectivity index (χ2n) is 1.76. The van der Waals surface area contributed by atoms with Gasteiger partial charge in [-0.3, -0.25) is 0 Å². The molecule has 1 radical (unpaired) electrons. The Hall–Kier alpha value is 0.0723. The normalized spacial score (nSPS) is 16.9. The third-order valence-corrected chi connectivity index (χ3v) is 1.01. The molecule has 45 valence electrons. The van der Waals surface area contributed by atoms with Gasteiger partial charge in [-0.05, 0) is 0 Å². The predicted octanol–water partition coefficient (Wildman–Crippen LogP) is 1.63. The first-order valence-corrected chi connectivity index (χ1v) is 2.48.